The molecule has 0 saturated carbocycles. The summed E-state index contributed by atoms with van der Waals surface area (Å²) in [7, 11) is 0. The molecular weight excluding hydrogens is 296 g/mol. The van der Waals surface area contributed by atoms with Crippen molar-refractivity contribution in [2.24, 2.45) is 0 Å². The predicted molar refractivity (Wildman–Crippen MR) is 92.4 cm³/mol. The minimum absolute atomic E-state index is 0.638. The average Bonchev–Trinajstić information content (AvgIpc) is 3.15. The van der Waals surface area contributed by atoms with Crippen LogP contribution in [0.15, 0.2) is 67.3 Å². The van der Waals surface area contributed by atoms with E-state index in [1.165, 1.54) is 0 Å². The van der Waals surface area contributed by atoms with Crippen LogP contribution < -0.4 is 0 Å². The number of nitriles is 2. The van der Waals surface area contributed by atoms with Gasteiger partial charge in [0.1, 0.15) is 0 Å². The van der Waals surface area contributed by atoms with E-state index in [-0.39, 0.29) is 0 Å². The lowest BCUT2D eigenvalue weighted by molar-refractivity contribution is 0.836. The molecule has 2 aromatic carbocycles. The Kier molecular flexibility index (Phi) is 4.51. The van der Waals surface area contributed by atoms with Crippen LogP contribution in [0.5, 0.6) is 0 Å². The van der Waals surface area contributed by atoms with Gasteiger partial charge in [-0.25, -0.2) is 4.98 Å². The standard InChI is InChI=1S/C20H14N4/c21-12-17-3-1-16(2-4-17)11-20(14-24-10-9-23-15-24)19-7-5-18(13-22)6-8-19/h1-11,15H,14H2. The summed E-state index contributed by atoms with van der Waals surface area (Å²) in [6.07, 6.45) is 7.52. The zero-order chi connectivity index (χ0) is 16.8. The molecule has 4 heteroatoms. The molecule has 3 rings (SSSR count). The maximum absolute atomic E-state index is 8.96. The van der Waals surface area contributed by atoms with E-state index in [2.05, 4.69) is 23.2 Å². The van der Waals surface area contributed by atoms with E-state index in [0.717, 1.165) is 16.7 Å². The van der Waals surface area contributed by atoms with Crippen LogP contribution in [0, 0.1) is 22.7 Å². The molecule has 0 fully saturated rings. The number of hydrogen-bond acceptors (Lipinski definition) is 3. The molecule has 1 aromatic heterocycles. The Bertz CT molecular complexity index is 919. The quantitative estimate of drug-likeness (QED) is 0.687. The number of benzene rings is 2. The zero-order valence-electron chi connectivity index (χ0n) is 12.9. The van der Waals surface area contributed by atoms with Gasteiger partial charge in [-0.2, -0.15) is 10.5 Å². The normalized spacial score (nSPS) is 10.8. The third-order valence-electron chi connectivity index (χ3n) is 3.68. The monoisotopic (exact) mass is 310 g/mol. The number of allylic oxidation sites excluding steroid dienone is 1. The first-order valence-electron chi connectivity index (χ1n) is 7.45. The maximum atomic E-state index is 8.96. The molecule has 24 heavy (non-hydrogen) atoms. The number of nitrogens with zero attached hydrogens (tertiary/aromatic N) is 4. The van der Waals surface area contributed by atoms with Gasteiger partial charge in [-0.05, 0) is 47.0 Å². The maximum Gasteiger partial charge on any atom is 0.0991 e. The molecule has 4 nitrogen and oxygen atoms in total. The highest BCUT2D eigenvalue weighted by molar-refractivity contribution is 5.81. The summed E-state index contributed by atoms with van der Waals surface area (Å²) in [6, 6.07) is 19.3. The Morgan fingerprint density at radius 2 is 1.58 bits per heavy atom. The van der Waals surface area contributed by atoms with Gasteiger partial charge in [0.25, 0.3) is 0 Å². The molecular formula is C20H14N4. The highest BCUT2D eigenvalue weighted by atomic mass is 15.0. The first-order valence-corrected chi connectivity index (χ1v) is 7.45. The summed E-state index contributed by atoms with van der Waals surface area (Å²) < 4.78 is 1.99. The molecule has 0 amide bonds. The van der Waals surface area contributed by atoms with E-state index in [1.54, 1.807) is 24.7 Å². The van der Waals surface area contributed by atoms with Gasteiger partial charge in [0.05, 0.1) is 29.6 Å². The van der Waals surface area contributed by atoms with Gasteiger partial charge in [-0.1, -0.05) is 24.3 Å². The van der Waals surface area contributed by atoms with E-state index in [1.807, 2.05) is 47.2 Å². The summed E-state index contributed by atoms with van der Waals surface area (Å²) in [4.78, 5) is 4.08. The summed E-state index contributed by atoms with van der Waals surface area (Å²) in [5.41, 5.74) is 4.45. The van der Waals surface area contributed by atoms with Crippen LogP contribution in [0.3, 0.4) is 0 Å². The van der Waals surface area contributed by atoms with Gasteiger partial charge in [-0.15, -0.1) is 0 Å². The summed E-state index contributed by atoms with van der Waals surface area (Å²) in [5.74, 6) is 0. The highest BCUT2D eigenvalue weighted by Crippen LogP contribution is 2.21. The van der Waals surface area contributed by atoms with Crippen LogP contribution in [0.4, 0.5) is 0 Å². The Labute approximate surface area is 140 Å². The van der Waals surface area contributed by atoms with Crippen LogP contribution in [0.25, 0.3) is 11.6 Å². The van der Waals surface area contributed by atoms with Crippen molar-refractivity contribution in [2.45, 2.75) is 6.54 Å². The van der Waals surface area contributed by atoms with Crippen LogP contribution >= 0.6 is 0 Å². The first-order chi connectivity index (χ1) is 11.8. The van der Waals surface area contributed by atoms with Gasteiger partial charge in [-0.3, -0.25) is 0 Å². The molecule has 0 N–H and O–H groups in total. The van der Waals surface area contributed by atoms with Crippen molar-refractivity contribution >= 4 is 11.6 Å². The van der Waals surface area contributed by atoms with Gasteiger partial charge < -0.3 is 4.57 Å². The van der Waals surface area contributed by atoms with Crippen LogP contribution in [-0.2, 0) is 6.54 Å². The van der Waals surface area contributed by atoms with Gasteiger partial charge in [0.2, 0.25) is 0 Å². The summed E-state index contributed by atoms with van der Waals surface area (Å²) >= 11 is 0. The fourth-order valence-corrected chi connectivity index (χ4v) is 2.41. The third-order valence-corrected chi connectivity index (χ3v) is 3.68. The minimum atomic E-state index is 0.638. The second kappa shape index (κ2) is 7.09. The number of aromatic nitrogens is 2. The second-order valence-corrected chi connectivity index (χ2v) is 5.33. The lowest BCUT2D eigenvalue weighted by Crippen LogP contribution is -1.98. The highest BCUT2D eigenvalue weighted by Gasteiger charge is 2.04. The van der Waals surface area contributed by atoms with Gasteiger partial charge in [0.15, 0.2) is 0 Å². The molecule has 0 aliphatic carbocycles. The molecule has 0 unspecified atom stereocenters. The van der Waals surface area contributed by atoms with Crippen molar-refractivity contribution in [1.82, 2.24) is 9.55 Å². The van der Waals surface area contributed by atoms with Crippen molar-refractivity contribution in [3.8, 4) is 12.1 Å². The number of hydrogen-bond donors (Lipinski definition) is 0. The lowest BCUT2D eigenvalue weighted by atomic mass is 10.0. The Hall–Kier alpha value is -3.63. The van der Waals surface area contributed by atoms with E-state index in [0.29, 0.717) is 17.7 Å². The Morgan fingerprint density at radius 3 is 2.12 bits per heavy atom. The minimum Gasteiger partial charge on any atom is -0.333 e. The molecule has 0 aliphatic rings. The third kappa shape index (κ3) is 3.58. The molecule has 0 aliphatic heterocycles. The molecule has 0 spiro atoms. The van der Waals surface area contributed by atoms with Crippen molar-refractivity contribution in [3.05, 3.63) is 89.5 Å². The fourth-order valence-electron chi connectivity index (χ4n) is 2.41. The van der Waals surface area contributed by atoms with Crippen molar-refractivity contribution in [3.63, 3.8) is 0 Å². The van der Waals surface area contributed by atoms with Crippen LogP contribution in [0.1, 0.15) is 22.3 Å². The summed E-state index contributed by atoms with van der Waals surface area (Å²) in [6.45, 7) is 0.673. The topological polar surface area (TPSA) is 65.4 Å². The predicted octanol–water partition coefficient (Wildman–Crippen LogP) is 3.87. The number of rotatable bonds is 4. The lowest BCUT2D eigenvalue weighted by Gasteiger charge is -2.10. The molecule has 0 radical (unpaired) electrons. The molecule has 0 bridgehead atoms. The van der Waals surface area contributed by atoms with Crippen molar-refractivity contribution in [1.29, 1.82) is 10.5 Å². The first kappa shape index (κ1) is 15.3. The van der Waals surface area contributed by atoms with Crippen LogP contribution in [-0.4, -0.2) is 9.55 Å². The van der Waals surface area contributed by atoms with Crippen molar-refractivity contribution < 1.29 is 0 Å². The van der Waals surface area contributed by atoms with E-state index >= 15 is 0 Å². The number of imidazole rings is 1. The molecule has 1 heterocycles. The molecule has 114 valence electrons. The zero-order valence-corrected chi connectivity index (χ0v) is 12.9. The van der Waals surface area contributed by atoms with Crippen molar-refractivity contribution in [2.75, 3.05) is 0 Å². The van der Waals surface area contributed by atoms with E-state index < -0.39 is 0 Å². The second-order valence-electron chi connectivity index (χ2n) is 5.33. The van der Waals surface area contributed by atoms with Gasteiger partial charge >= 0.3 is 0 Å². The fraction of sp³-hybridized carbons (Fsp3) is 0.0500. The smallest absolute Gasteiger partial charge is 0.0991 e. The largest absolute Gasteiger partial charge is 0.333 e. The average molecular weight is 310 g/mol. The SMILES string of the molecule is N#Cc1ccc(C=C(Cn2ccnc2)c2ccc(C#N)cc2)cc1. The Morgan fingerprint density at radius 1 is 0.958 bits per heavy atom. The van der Waals surface area contributed by atoms with Gasteiger partial charge in [0, 0.05) is 18.9 Å². The molecule has 0 atom stereocenters. The van der Waals surface area contributed by atoms with E-state index in [9.17, 15) is 0 Å². The molecule has 3 aromatic rings. The molecule has 0 saturated heterocycles. The van der Waals surface area contributed by atoms with Crippen LogP contribution in [0.2, 0.25) is 0 Å². The van der Waals surface area contributed by atoms with E-state index in [4.69, 9.17) is 10.5 Å². The Balaban J connectivity index is 1.98. The summed E-state index contributed by atoms with van der Waals surface area (Å²) in [5, 5.41) is 17.9.